The Morgan fingerprint density at radius 2 is 1.46 bits per heavy atom. The van der Waals surface area contributed by atoms with Gasteiger partial charge in [0.05, 0.1) is 0 Å². The summed E-state index contributed by atoms with van der Waals surface area (Å²) >= 11 is 0. The highest BCUT2D eigenvalue weighted by molar-refractivity contribution is 7.86. The third-order valence-corrected chi connectivity index (χ3v) is 7.48. The molecule has 0 fully saturated rings. The van der Waals surface area contributed by atoms with Crippen LogP contribution in [0.1, 0.15) is 16.8 Å². The molecular formula is C29H28N2O3S. The van der Waals surface area contributed by atoms with Crippen LogP contribution in [0.25, 0.3) is 21.7 Å². The van der Waals surface area contributed by atoms with Gasteiger partial charge in [-0.25, -0.2) is 0 Å². The van der Waals surface area contributed by atoms with Gasteiger partial charge in [0.1, 0.15) is 4.90 Å². The summed E-state index contributed by atoms with van der Waals surface area (Å²) in [6.07, 6.45) is 1.15. The molecule has 0 saturated carbocycles. The second-order valence-corrected chi connectivity index (χ2v) is 10.3. The molecule has 0 atom stereocenters. The van der Waals surface area contributed by atoms with Crippen molar-refractivity contribution in [2.75, 3.05) is 13.6 Å². The van der Waals surface area contributed by atoms with E-state index in [1.54, 1.807) is 30.3 Å². The lowest BCUT2D eigenvalue weighted by Gasteiger charge is -2.24. The Kier molecular flexibility index (Phi) is 6.43. The van der Waals surface area contributed by atoms with E-state index in [1.807, 2.05) is 6.07 Å². The first-order valence-corrected chi connectivity index (χ1v) is 13.1. The molecule has 6 rings (SSSR count). The van der Waals surface area contributed by atoms with Crippen molar-refractivity contribution in [3.05, 3.63) is 114 Å². The molecule has 0 bridgehead atoms. The number of hydrogen-bond donors (Lipinski definition) is 1. The molecular weight excluding hydrogens is 456 g/mol. The number of fused-ring (bicyclic) bond motifs is 4. The summed E-state index contributed by atoms with van der Waals surface area (Å²) in [7, 11) is -1.91. The quantitative estimate of drug-likeness (QED) is 0.331. The van der Waals surface area contributed by atoms with Crippen molar-refractivity contribution in [2.45, 2.75) is 24.4 Å². The third-order valence-electron chi connectivity index (χ3n) is 6.56. The van der Waals surface area contributed by atoms with Crippen LogP contribution in [-0.2, 0) is 29.6 Å². The van der Waals surface area contributed by atoms with Crippen molar-refractivity contribution in [3.8, 4) is 0 Å². The number of aromatic nitrogens is 1. The highest BCUT2D eigenvalue weighted by Crippen LogP contribution is 2.31. The third kappa shape index (κ3) is 4.86. The van der Waals surface area contributed by atoms with E-state index in [9.17, 15) is 8.42 Å². The summed E-state index contributed by atoms with van der Waals surface area (Å²) in [4.78, 5) is 2.37. The molecule has 0 aliphatic carbocycles. The van der Waals surface area contributed by atoms with Gasteiger partial charge in [-0.1, -0.05) is 84.9 Å². The van der Waals surface area contributed by atoms with E-state index < -0.39 is 10.1 Å². The maximum Gasteiger partial charge on any atom is 0.295 e. The molecule has 4 aromatic carbocycles. The first kappa shape index (κ1) is 23.3. The summed E-state index contributed by atoms with van der Waals surface area (Å²) in [5, 5.41) is 2.76. The molecule has 0 spiro atoms. The normalized spacial score (nSPS) is 13.9. The molecule has 6 heteroatoms. The average Bonchev–Trinajstić information content (AvgIpc) is 3.17. The molecule has 1 aliphatic rings. The second kappa shape index (κ2) is 9.66. The summed E-state index contributed by atoms with van der Waals surface area (Å²) in [6.45, 7) is 3.19. The van der Waals surface area contributed by atoms with Gasteiger partial charge in [0.2, 0.25) is 0 Å². The van der Waals surface area contributed by atoms with E-state index in [-0.39, 0.29) is 4.90 Å². The fraction of sp³-hybridized carbons (Fsp3) is 0.172. The van der Waals surface area contributed by atoms with E-state index in [0.717, 1.165) is 31.4 Å². The van der Waals surface area contributed by atoms with Gasteiger partial charge < -0.3 is 9.47 Å². The van der Waals surface area contributed by atoms with Gasteiger partial charge >= 0.3 is 0 Å². The molecule has 2 heterocycles. The van der Waals surface area contributed by atoms with Gasteiger partial charge in [-0.15, -0.1) is 0 Å². The highest BCUT2D eigenvalue weighted by Gasteiger charge is 2.22. The number of likely N-dealkylation sites (N-methyl/N-ethyl adjacent to an activating group) is 1. The van der Waals surface area contributed by atoms with E-state index in [1.165, 1.54) is 33.8 Å². The summed E-state index contributed by atoms with van der Waals surface area (Å²) in [5.41, 5.74) is 5.80. The van der Waals surface area contributed by atoms with E-state index >= 15 is 0 Å². The molecule has 1 N–H and O–H groups in total. The van der Waals surface area contributed by atoms with Crippen LogP contribution in [0.3, 0.4) is 0 Å². The Balaban J connectivity index is 0.000000158. The maximum absolute atomic E-state index is 11.0. The molecule has 35 heavy (non-hydrogen) atoms. The predicted molar refractivity (Wildman–Crippen MR) is 141 cm³/mol. The van der Waals surface area contributed by atoms with Gasteiger partial charge in [-0.2, -0.15) is 8.42 Å². The second-order valence-electron chi connectivity index (χ2n) is 8.95. The standard InChI is InChI=1S/C19H20N2.C10H8O3S/c1-20-12-11-19-17(14-20)16-9-5-6-10-18(16)21(19)13-15-7-3-2-4-8-15;11-14(12,13)10-7-3-5-8-4-1-2-6-9(8)10/h2-10H,11-14H2,1H3;1-7H,(H,11,12,13). The zero-order valence-corrected chi connectivity index (χ0v) is 20.4. The van der Waals surface area contributed by atoms with Gasteiger partial charge in [0.15, 0.2) is 0 Å². The molecule has 1 aromatic heterocycles. The summed E-state index contributed by atoms with van der Waals surface area (Å²) in [5.74, 6) is 0. The zero-order chi connectivity index (χ0) is 24.4. The zero-order valence-electron chi connectivity index (χ0n) is 19.6. The van der Waals surface area contributed by atoms with Crippen molar-refractivity contribution in [1.82, 2.24) is 9.47 Å². The minimum atomic E-state index is -4.13. The van der Waals surface area contributed by atoms with Crippen LogP contribution < -0.4 is 0 Å². The van der Waals surface area contributed by atoms with Crippen molar-refractivity contribution < 1.29 is 13.0 Å². The Bertz CT molecular complexity index is 1590. The van der Waals surface area contributed by atoms with Gasteiger partial charge in [-0.3, -0.25) is 4.55 Å². The molecule has 0 radical (unpaired) electrons. The number of benzene rings is 4. The Hall–Kier alpha value is -3.45. The fourth-order valence-electron chi connectivity index (χ4n) is 4.90. The average molecular weight is 485 g/mol. The van der Waals surface area contributed by atoms with Crippen molar-refractivity contribution in [2.24, 2.45) is 0 Å². The Labute approximate surface area is 206 Å². The fourth-order valence-corrected chi connectivity index (χ4v) is 5.62. The maximum atomic E-state index is 11.0. The smallest absolute Gasteiger partial charge is 0.295 e. The monoisotopic (exact) mass is 484 g/mol. The van der Waals surface area contributed by atoms with Crippen LogP contribution in [0.15, 0.2) is 102 Å². The molecule has 0 saturated heterocycles. The molecule has 1 aliphatic heterocycles. The minimum Gasteiger partial charge on any atom is -0.340 e. The number of nitrogens with zero attached hydrogens (tertiary/aromatic N) is 2. The SMILES string of the molecule is CN1CCc2c(c3ccccc3n2Cc2ccccc2)C1.O=S(=O)(O)c1cccc2ccccc12. The highest BCUT2D eigenvalue weighted by atomic mass is 32.2. The molecule has 178 valence electrons. The van der Waals surface area contributed by atoms with E-state index in [2.05, 4.69) is 71.1 Å². The van der Waals surface area contributed by atoms with Gasteiger partial charge in [0, 0.05) is 48.0 Å². The number of hydrogen-bond acceptors (Lipinski definition) is 3. The van der Waals surface area contributed by atoms with Crippen LogP contribution in [-0.4, -0.2) is 36.0 Å². The van der Waals surface area contributed by atoms with Gasteiger partial charge in [0.25, 0.3) is 10.1 Å². The van der Waals surface area contributed by atoms with E-state index in [4.69, 9.17) is 4.55 Å². The van der Waals surface area contributed by atoms with Crippen molar-refractivity contribution in [1.29, 1.82) is 0 Å². The first-order chi connectivity index (χ1) is 16.9. The Morgan fingerprint density at radius 3 is 2.23 bits per heavy atom. The lowest BCUT2D eigenvalue weighted by atomic mass is 10.1. The van der Waals surface area contributed by atoms with Crippen LogP contribution in [0.2, 0.25) is 0 Å². The first-order valence-electron chi connectivity index (χ1n) is 11.7. The van der Waals surface area contributed by atoms with Crippen molar-refractivity contribution in [3.63, 3.8) is 0 Å². The minimum absolute atomic E-state index is 0.0457. The molecule has 5 aromatic rings. The lowest BCUT2D eigenvalue weighted by molar-refractivity contribution is 0.310. The summed E-state index contributed by atoms with van der Waals surface area (Å²) < 4.78 is 33.5. The molecule has 0 unspecified atom stereocenters. The van der Waals surface area contributed by atoms with Crippen molar-refractivity contribution >= 4 is 31.8 Å². The number of rotatable bonds is 3. The lowest BCUT2D eigenvalue weighted by Crippen LogP contribution is -2.27. The Morgan fingerprint density at radius 1 is 0.800 bits per heavy atom. The van der Waals surface area contributed by atoms with E-state index in [0.29, 0.717) is 5.39 Å². The van der Waals surface area contributed by atoms with Gasteiger partial charge in [-0.05, 0) is 35.7 Å². The molecule has 5 nitrogen and oxygen atoms in total. The van der Waals surface area contributed by atoms with Crippen LogP contribution in [0, 0.1) is 0 Å². The number of para-hydroxylation sites is 1. The largest absolute Gasteiger partial charge is 0.340 e. The van der Waals surface area contributed by atoms with Crippen LogP contribution in [0.4, 0.5) is 0 Å². The topological polar surface area (TPSA) is 62.5 Å². The van der Waals surface area contributed by atoms with Crippen LogP contribution in [0.5, 0.6) is 0 Å². The summed E-state index contributed by atoms with van der Waals surface area (Å²) in [6, 6.07) is 31.4. The predicted octanol–water partition coefficient (Wildman–Crippen LogP) is 5.76. The molecule has 0 amide bonds. The van der Waals surface area contributed by atoms with Crippen LogP contribution >= 0.6 is 0 Å².